The largest absolute Gasteiger partial charge is 0.573 e. The Labute approximate surface area is 115 Å². The van der Waals surface area contributed by atoms with Crippen molar-refractivity contribution < 1.29 is 27.4 Å². The molecule has 0 aliphatic heterocycles. The second-order valence-corrected chi connectivity index (χ2v) is 5.39. The number of ketones is 1. The van der Waals surface area contributed by atoms with Gasteiger partial charge in [0.05, 0.1) is 5.56 Å². The van der Waals surface area contributed by atoms with Crippen molar-refractivity contribution in [2.24, 2.45) is 5.41 Å². The second kappa shape index (κ2) is 5.83. The summed E-state index contributed by atoms with van der Waals surface area (Å²) in [6, 6.07) is 5.25. The van der Waals surface area contributed by atoms with Crippen LogP contribution in [-0.2, 0) is 4.74 Å². The van der Waals surface area contributed by atoms with E-state index in [4.69, 9.17) is 4.74 Å². The van der Waals surface area contributed by atoms with Crippen molar-refractivity contribution in [2.75, 3.05) is 7.11 Å². The van der Waals surface area contributed by atoms with Crippen LogP contribution in [0.3, 0.4) is 0 Å². The zero-order valence-electron chi connectivity index (χ0n) is 11.7. The summed E-state index contributed by atoms with van der Waals surface area (Å²) in [7, 11) is 1.35. The highest BCUT2D eigenvalue weighted by atomic mass is 19.4. The molecule has 0 saturated carbocycles. The molecule has 0 fully saturated rings. The maximum absolute atomic E-state index is 12.4. The third-order valence-electron chi connectivity index (χ3n) is 2.64. The Morgan fingerprint density at radius 2 is 1.70 bits per heavy atom. The number of alkyl halides is 3. The van der Waals surface area contributed by atoms with E-state index in [1.54, 1.807) is 20.8 Å². The zero-order chi connectivity index (χ0) is 15.6. The van der Waals surface area contributed by atoms with Crippen LogP contribution in [0, 0.1) is 5.41 Å². The molecular formula is C14H17F3O3. The molecule has 3 nitrogen and oxygen atoms in total. The maximum atomic E-state index is 12.4. The van der Waals surface area contributed by atoms with Gasteiger partial charge in [-0.15, -0.1) is 13.2 Å². The number of rotatable bonds is 4. The van der Waals surface area contributed by atoms with Crippen molar-refractivity contribution in [2.45, 2.75) is 33.2 Å². The summed E-state index contributed by atoms with van der Waals surface area (Å²) in [6.45, 7) is 5.31. The maximum Gasteiger partial charge on any atom is 0.573 e. The summed E-state index contributed by atoms with van der Waals surface area (Å²) in [5.74, 6) is -1.06. The number of methoxy groups -OCH3 is 1. The van der Waals surface area contributed by atoms with Gasteiger partial charge in [0.2, 0.25) is 0 Å². The molecule has 1 rings (SSSR count). The third kappa shape index (κ3) is 4.23. The molecule has 0 aromatic heterocycles. The second-order valence-electron chi connectivity index (χ2n) is 5.39. The van der Waals surface area contributed by atoms with E-state index in [9.17, 15) is 18.0 Å². The molecule has 0 N–H and O–H groups in total. The van der Waals surface area contributed by atoms with Crippen LogP contribution >= 0.6 is 0 Å². The van der Waals surface area contributed by atoms with Crippen molar-refractivity contribution in [3.63, 3.8) is 0 Å². The van der Waals surface area contributed by atoms with E-state index < -0.39 is 29.4 Å². The van der Waals surface area contributed by atoms with Gasteiger partial charge < -0.3 is 9.47 Å². The molecule has 112 valence electrons. The molecule has 0 aliphatic carbocycles. The monoisotopic (exact) mass is 290 g/mol. The minimum absolute atomic E-state index is 0.147. The molecule has 0 bridgehead atoms. The molecule has 6 heteroatoms. The number of para-hydroxylation sites is 1. The van der Waals surface area contributed by atoms with Gasteiger partial charge in [-0.25, -0.2) is 0 Å². The highest BCUT2D eigenvalue weighted by molar-refractivity contribution is 6.02. The predicted molar refractivity (Wildman–Crippen MR) is 67.7 cm³/mol. The van der Waals surface area contributed by atoms with Gasteiger partial charge in [0.15, 0.2) is 5.78 Å². The SMILES string of the molecule is COC(C(=O)c1ccccc1OC(F)(F)F)C(C)(C)C. The molecule has 0 amide bonds. The van der Waals surface area contributed by atoms with Crippen molar-refractivity contribution in [1.82, 2.24) is 0 Å². The number of Topliss-reactive ketones (excluding diaryl/α,β-unsaturated/α-hetero) is 1. The van der Waals surface area contributed by atoms with Crippen molar-refractivity contribution in [1.29, 1.82) is 0 Å². The van der Waals surface area contributed by atoms with Crippen molar-refractivity contribution >= 4 is 5.78 Å². The van der Waals surface area contributed by atoms with Crippen molar-refractivity contribution in [3.8, 4) is 5.75 Å². The minimum Gasteiger partial charge on any atom is -0.405 e. The number of hydrogen-bond donors (Lipinski definition) is 0. The summed E-state index contributed by atoms with van der Waals surface area (Å²) in [5.41, 5.74) is -0.691. The number of benzene rings is 1. The molecule has 1 unspecified atom stereocenters. The molecule has 0 aliphatic rings. The highest BCUT2D eigenvalue weighted by Crippen LogP contribution is 2.31. The lowest BCUT2D eigenvalue weighted by molar-refractivity contribution is -0.274. The standard InChI is InChI=1S/C14H17F3O3/c1-13(2,3)12(19-4)11(18)9-7-5-6-8-10(9)20-14(15,16)17/h5-8,12H,1-4H3. The van der Waals surface area contributed by atoms with Crippen LogP contribution in [-0.4, -0.2) is 25.4 Å². The molecule has 0 saturated heterocycles. The molecule has 0 heterocycles. The first-order valence-electron chi connectivity index (χ1n) is 5.98. The lowest BCUT2D eigenvalue weighted by Gasteiger charge is -2.28. The Morgan fingerprint density at radius 1 is 1.15 bits per heavy atom. The lowest BCUT2D eigenvalue weighted by atomic mass is 9.84. The quantitative estimate of drug-likeness (QED) is 0.791. The Hall–Kier alpha value is -1.56. The summed E-state index contributed by atoms with van der Waals surface area (Å²) in [4.78, 5) is 12.4. The van der Waals surface area contributed by atoms with E-state index in [1.807, 2.05) is 0 Å². The van der Waals surface area contributed by atoms with Crippen LogP contribution < -0.4 is 4.74 Å². The van der Waals surface area contributed by atoms with E-state index in [1.165, 1.54) is 25.3 Å². The van der Waals surface area contributed by atoms with Gasteiger partial charge in [0.1, 0.15) is 11.9 Å². The molecule has 1 aromatic carbocycles. The Bertz CT molecular complexity index is 475. The highest BCUT2D eigenvalue weighted by Gasteiger charge is 2.36. The van der Waals surface area contributed by atoms with E-state index in [2.05, 4.69) is 4.74 Å². The van der Waals surface area contributed by atoms with Crippen LogP contribution in [0.15, 0.2) is 24.3 Å². The van der Waals surface area contributed by atoms with Crippen LogP contribution in [0.25, 0.3) is 0 Å². The Morgan fingerprint density at radius 3 is 2.15 bits per heavy atom. The Kier molecular flexibility index (Phi) is 4.81. The van der Waals surface area contributed by atoms with Crippen molar-refractivity contribution in [3.05, 3.63) is 29.8 Å². The van der Waals surface area contributed by atoms with Gasteiger partial charge in [-0.3, -0.25) is 4.79 Å². The van der Waals surface area contributed by atoms with Crippen LogP contribution in [0.5, 0.6) is 5.75 Å². The summed E-state index contributed by atoms with van der Waals surface area (Å²) in [6.07, 6.45) is -5.71. The van der Waals surface area contributed by atoms with Gasteiger partial charge in [0.25, 0.3) is 0 Å². The average Bonchev–Trinajstić information content (AvgIpc) is 2.26. The molecule has 0 spiro atoms. The number of halogens is 3. The topological polar surface area (TPSA) is 35.5 Å². The number of hydrogen-bond acceptors (Lipinski definition) is 3. The summed E-state index contributed by atoms with van der Waals surface area (Å²) in [5, 5.41) is 0. The minimum atomic E-state index is -4.85. The first-order chi connectivity index (χ1) is 9.06. The molecular weight excluding hydrogens is 273 g/mol. The normalized spacial score (nSPS) is 13.9. The van der Waals surface area contributed by atoms with E-state index in [-0.39, 0.29) is 5.56 Å². The van der Waals surface area contributed by atoms with Gasteiger partial charge in [-0.2, -0.15) is 0 Å². The summed E-state index contributed by atoms with van der Waals surface area (Å²) >= 11 is 0. The first kappa shape index (κ1) is 16.5. The number of carbonyl (C=O) groups excluding carboxylic acids is 1. The van der Waals surface area contributed by atoms with Gasteiger partial charge in [0, 0.05) is 7.11 Å². The molecule has 0 radical (unpaired) electrons. The molecule has 1 aromatic rings. The third-order valence-corrected chi connectivity index (χ3v) is 2.64. The number of ether oxygens (including phenoxy) is 2. The van der Waals surface area contributed by atoms with E-state index in [0.717, 1.165) is 6.07 Å². The number of carbonyl (C=O) groups is 1. The van der Waals surface area contributed by atoms with Crippen LogP contribution in [0.2, 0.25) is 0 Å². The van der Waals surface area contributed by atoms with Crippen LogP contribution in [0.4, 0.5) is 13.2 Å². The Balaban J connectivity index is 3.16. The first-order valence-corrected chi connectivity index (χ1v) is 5.98. The molecule has 1 atom stereocenters. The van der Waals surface area contributed by atoms with Crippen LogP contribution in [0.1, 0.15) is 31.1 Å². The lowest BCUT2D eigenvalue weighted by Crippen LogP contribution is -2.36. The predicted octanol–water partition coefficient (Wildman–Crippen LogP) is 3.83. The fourth-order valence-electron chi connectivity index (χ4n) is 1.88. The average molecular weight is 290 g/mol. The summed E-state index contributed by atoms with van der Waals surface area (Å²) < 4.78 is 46.0. The zero-order valence-corrected chi connectivity index (χ0v) is 11.7. The molecule has 20 heavy (non-hydrogen) atoms. The van der Waals surface area contributed by atoms with E-state index in [0.29, 0.717) is 0 Å². The fraction of sp³-hybridized carbons (Fsp3) is 0.500. The van der Waals surface area contributed by atoms with Gasteiger partial charge >= 0.3 is 6.36 Å². The van der Waals surface area contributed by atoms with Gasteiger partial charge in [-0.1, -0.05) is 32.9 Å². The van der Waals surface area contributed by atoms with E-state index >= 15 is 0 Å². The van der Waals surface area contributed by atoms with Gasteiger partial charge in [-0.05, 0) is 17.5 Å². The fourth-order valence-corrected chi connectivity index (χ4v) is 1.88. The smallest absolute Gasteiger partial charge is 0.405 e.